The van der Waals surface area contributed by atoms with Crippen molar-refractivity contribution in [3.05, 3.63) is 18.0 Å². The molecule has 0 bridgehead atoms. The van der Waals surface area contributed by atoms with Crippen LogP contribution in [0.1, 0.15) is 38.2 Å². The quantitative estimate of drug-likeness (QED) is 0.833. The Bertz CT molecular complexity index is 353. The monoisotopic (exact) mass is 237 g/mol. The summed E-state index contributed by atoms with van der Waals surface area (Å²) < 4.78 is 1.80. The Morgan fingerprint density at radius 3 is 2.82 bits per heavy atom. The molecule has 4 nitrogen and oxygen atoms in total. The highest BCUT2D eigenvalue weighted by Crippen LogP contribution is 2.31. The van der Waals surface area contributed by atoms with Gasteiger partial charge in [0.05, 0.1) is 11.8 Å². The van der Waals surface area contributed by atoms with E-state index in [1.165, 1.54) is 5.56 Å². The summed E-state index contributed by atoms with van der Waals surface area (Å²) in [4.78, 5) is 0. The smallest absolute Gasteiger partial charge is 0.0771 e. The van der Waals surface area contributed by atoms with Crippen LogP contribution in [-0.4, -0.2) is 27.0 Å². The van der Waals surface area contributed by atoms with Gasteiger partial charge in [-0.05, 0) is 31.6 Å². The lowest BCUT2D eigenvalue weighted by molar-refractivity contribution is -0.00630. The van der Waals surface area contributed by atoms with Gasteiger partial charge in [0.2, 0.25) is 0 Å². The zero-order valence-electron chi connectivity index (χ0n) is 10.8. The number of nitrogens with one attached hydrogen (secondary N) is 1. The zero-order valence-corrected chi connectivity index (χ0v) is 10.8. The van der Waals surface area contributed by atoms with Crippen molar-refractivity contribution in [1.29, 1.82) is 0 Å². The minimum absolute atomic E-state index is 0.491. The fourth-order valence-corrected chi connectivity index (χ4v) is 2.48. The van der Waals surface area contributed by atoms with Gasteiger partial charge < -0.3 is 10.4 Å². The van der Waals surface area contributed by atoms with Gasteiger partial charge in [0.25, 0.3) is 0 Å². The van der Waals surface area contributed by atoms with E-state index < -0.39 is 5.60 Å². The second kappa shape index (κ2) is 5.19. The van der Waals surface area contributed by atoms with E-state index in [4.69, 9.17) is 0 Å². The molecule has 1 aliphatic rings. The Hall–Kier alpha value is -0.870. The lowest BCUT2D eigenvalue weighted by Gasteiger charge is -2.35. The number of rotatable bonds is 4. The van der Waals surface area contributed by atoms with Gasteiger partial charge in [0.15, 0.2) is 0 Å². The Morgan fingerprint density at radius 1 is 1.53 bits per heavy atom. The van der Waals surface area contributed by atoms with Gasteiger partial charge in [-0.15, -0.1) is 0 Å². The molecule has 0 unspecified atom stereocenters. The van der Waals surface area contributed by atoms with Gasteiger partial charge in [-0.1, -0.05) is 6.92 Å². The number of aromatic nitrogens is 2. The van der Waals surface area contributed by atoms with Gasteiger partial charge in [-0.2, -0.15) is 5.10 Å². The predicted octanol–water partition coefficient (Wildman–Crippen LogP) is 1.45. The molecule has 0 radical (unpaired) electrons. The minimum Gasteiger partial charge on any atom is -0.389 e. The van der Waals surface area contributed by atoms with Crippen LogP contribution in [0.4, 0.5) is 0 Å². The number of hydrogen-bond acceptors (Lipinski definition) is 3. The van der Waals surface area contributed by atoms with E-state index in [2.05, 4.69) is 17.3 Å². The molecule has 1 aliphatic carbocycles. The number of aryl methyl sites for hydroxylation is 1. The molecule has 0 amide bonds. The standard InChI is InChI=1S/C13H23N3O/c1-11-3-5-13(17,6-4-11)10-14-7-12-8-15-16(2)9-12/h8-9,11,14,17H,3-7,10H2,1-2H3. The van der Waals surface area contributed by atoms with Crippen LogP contribution in [0.5, 0.6) is 0 Å². The summed E-state index contributed by atoms with van der Waals surface area (Å²) in [5.74, 6) is 0.772. The van der Waals surface area contributed by atoms with Crippen molar-refractivity contribution < 1.29 is 5.11 Å². The van der Waals surface area contributed by atoms with Crippen LogP contribution in [0.15, 0.2) is 12.4 Å². The summed E-state index contributed by atoms with van der Waals surface area (Å²) in [6.45, 7) is 3.74. The molecule has 1 aromatic rings. The van der Waals surface area contributed by atoms with Crippen molar-refractivity contribution in [1.82, 2.24) is 15.1 Å². The van der Waals surface area contributed by atoms with Crippen LogP contribution in [-0.2, 0) is 13.6 Å². The van der Waals surface area contributed by atoms with Crippen LogP contribution < -0.4 is 5.32 Å². The van der Waals surface area contributed by atoms with E-state index in [1.54, 1.807) is 4.68 Å². The number of hydrogen-bond donors (Lipinski definition) is 2. The van der Waals surface area contributed by atoms with Crippen LogP contribution in [0, 0.1) is 5.92 Å². The van der Waals surface area contributed by atoms with Gasteiger partial charge in [0.1, 0.15) is 0 Å². The second-order valence-corrected chi connectivity index (χ2v) is 5.53. The summed E-state index contributed by atoms with van der Waals surface area (Å²) in [5.41, 5.74) is 0.676. The normalized spacial score (nSPS) is 29.5. The average molecular weight is 237 g/mol. The summed E-state index contributed by atoms with van der Waals surface area (Å²) in [7, 11) is 1.92. The highest BCUT2D eigenvalue weighted by molar-refractivity contribution is 5.03. The SMILES string of the molecule is CC1CCC(O)(CNCc2cnn(C)c2)CC1. The van der Waals surface area contributed by atoms with E-state index in [0.717, 1.165) is 38.1 Å². The third-order valence-corrected chi connectivity index (χ3v) is 3.75. The van der Waals surface area contributed by atoms with Crippen LogP contribution in [0.3, 0.4) is 0 Å². The van der Waals surface area contributed by atoms with Gasteiger partial charge in [0, 0.05) is 31.9 Å². The molecule has 0 saturated heterocycles. The molecule has 0 aromatic carbocycles. The van der Waals surface area contributed by atoms with Crippen LogP contribution >= 0.6 is 0 Å². The molecular formula is C13H23N3O. The molecule has 0 atom stereocenters. The minimum atomic E-state index is -0.491. The molecule has 1 aromatic heterocycles. The number of nitrogens with zero attached hydrogens (tertiary/aromatic N) is 2. The van der Waals surface area contributed by atoms with Crippen molar-refractivity contribution >= 4 is 0 Å². The summed E-state index contributed by atoms with van der Waals surface area (Å²) >= 11 is 0. The molecular weight excluding hydrogens is 214 g/mol. The molecule has 4 heteroatoms. The van der Waals surface area contributed by atoms with Crippen molar-refractivity contribution in [2.45, 2.75) is 44.8 Å². The van der Waals surface area contributed by atoms with E-state index in [0.29, 0.717) is 6.54 Å². The predicted molar refractivity (Wildman–Crippen MR) is 67.5 cm³/mol. The van der Waals surface area contributed by atoms with Crippen molar-refractivity contribution in [3.63, 3.8) is 0 Å². The van der Waals surface area contributed by atoms with Crippen molar-refractivity contribution in [2.24, 2.45) is 13.0 Å². The summed E-state index contributed by atoms with van der Waals surface area (Å²) in [6, 6.07) is 0. The lowest BCUT2D eigenvalue weighted by Crippen LogP contribution is -2.43. The molecule has 17 heavy (non-hydrogen) atoms. The first-order valence-electron chi connectivity index (χ1n) is 6.48. The highest BCUT2D eigenvalue weighted by atomic mass is 16.3. The van der Waals surface area contributed by atoms with E-state index in [9.17, 15) is 5.11 Å². The summed E-state index contributed by atoms with van der Waals surface area (Å²) in [5, 5.41) is 17.8. The van der Waals surface area contributed by atoms with Gasteiger partial charge in [-0.25, -0.2) is 0 Å². The Balaban J connectivity index is 1.74. The first-order valence-corrected chi connectivity index (χ1v) is 6.48. The number of aliphatic hydroxyl groups is 1. The maximum Gasteiger partial charge on any atom is 0.0771 e. The second-order valence-electron chi connectivity index (χ2n) is 5.53. The first-order chi connectivity index (χ1) is 8.07. The third-order valence-electron chi connectivity index (χ3n) is 3.75. The van der Waals surface area contributed by atoms with Crippen LogP contribution in [0.2, 0.25) is 0 Å². The van der Waals surface area contributed by atoms with Crippen molar-refractivity contribution in [2.75, 3.05) is 6.54 Å². The van der Waals surface area contributed by atoms with Gasteiger partial charge >= 0.3 is 0 Å². The van der Waals surface area contributed by atoms with E-state index in [1.807, 2.05) is 19.4 Å². The van der Waals surface area contributed by atoms with Gasteiger partial charge in [-0.3, -0.25) is 4.68 Å². The first kappa shape index (κ1) is 12.6. The highest BCUT2D eigenvalue weighted by Gasteiger charge is 2.31. The largest absolute Gasteiger partial charge is 0.389 e. The molecule has 1 saturated carbocycles. The molecule has 1 fully saturated rings. The molecule has 96 valence electrons. The molecule has 0 spiro atoms. The lowest BCUT2D eigenvalue weighted by atomic mass is 9.79. The molecule has 2 N–H and O–H groups in total. The fraction of sp³-hybridized carbons (Fsp3) is 0.769. The maximum atomic E-state index is 10.4. The van der Waals surface area contributed by atoms with E-state index >= 15 is 0 Å². The Labute approximate surface area is 103 Å². The molecule has 2 rings (SSSR count). The Morgan fingerprint density at radius 2 is 2.24 bits per heavy atom. The zero-order chi connectivity index (χ0) is 12.3. The molecule has 1 heterocycles. The third kappa shape index (κ3) is 3.54. The maximum absolute atomic E-state index is 10.4. The fourth-order valence-electron chi connectivity index (χ4n) is 2.48. The summed E-state index contributed by atoms with van der Waals surface area (Å²) in [6.07, 6.45) is 8.00. The molecule has 0 aliphatic heterocycles. The average Bonchev–Trinajstić information content (AvgIpc) is 2.69. The van der Waals surface area contributed by atoms with E-state index in [-0.39, 0.29) is 0 Å². The topological polar surface area (TPSA) is 50.1 Å². The van der Waals surface area contributed by atoms with Crippen molar-refractivity contribution in [3.8, 4) is 0 Å². The Kier molecular flexibility index (Phi) is 3.84. The van der Waals surface area contributed by atoms with Crippen LogP contribution in [0.25, 0.3) is 0 Å².